The van der Waals surface area contributed by atoms with Crippen molar-refractivity contribution in [3.8, 4) is 5.69 Å². The van der Waals surface area contributed by atoms with Crippen molar-refractivity contribution in [3.05, 3.63) is 170 Å². The van der Waals surface area contributed by atoms with Gasteiger partial charge >= 0.3 is 0 Å². The molecule has 0 radical (unpaired) electrons. The predicted molar refractivity (Wildman–Crippen MR) is 203 cm³/mol. The molecule has 8 aromatic carbocycles. The molecule has 220 valence electrons. The van der Waals surface area contributed by atoms with E-state index in [2.05, 4.69) is 179 Å². The molecule has 2 heterocycles. The van der Waals surface area contributed by atoms with Gasteiger partial charge in [0.1, 0.15) is 0 Å². The lowest BCUT2D eigenvalue weighted by Gasteiger charge is -2.26. The second-order valence-corrected chi connectivity index (χ2v) is 13.2. The van der Waals surface area contributed by atoms with E-state index < -0.39 is 0 Å². The lowest BCUT2D eigenvalue weighted by Crippen LogP contribution is -2.10. The Bertz CT molecular complexity index is 2810. The van der Waals surface area contributed by atoms with Crippen molar-refractivity contribution in [1.29, 1.82) is 0 Å². The van der Waals surface area contributed by atoms with Gasteiger partial charge in [-0.1, -0.05) is 109 Å². The molecular weight excluding hydrogens is 589 g/mol. The topological polar surface area (TPSA) is 8.17 Å². The molecule has 2 aromatic heterocycles. The van der Waals surface area contributed by atoms with E-state index in [4.69, 9.17) is 0 Å². The third-order valence-electron chi connectivity index (χ3n) is 9.54. The second kappa shape index (κ2) is 10.3. The average molecular weight is 617 g/mol. The van der Waals surface area contributed by atoms with E-state index in [0.717, 1.165) is 17.1 Å². The second-order valence-electron chi connectivity index (χ2n) is 12.1. The van der Waals surface area contributed by atoms with Gasteiger partial charge in [-0.15, -0.1) is 11.3 Å². The van der Waals surface area contributed by atoms with Crippen molar-refractivity contribution in [2.24, 2.45) is 0 Å². The van der Waals surface area contributed by atoms with E-state index in [1.807, 2.05) is 11.3 Å². The quantitative estimate of drug-likeness (QED) is 0.179. The van der Waals surface area contributed by atoms with Gasteiger partial charge in [-0.3, -0.25) is 0 Å². The van der Waals surface area contributed by atoms with Crippen LogP contribution in [0.25, 0.3) is 69.2 Å². The maximum absolute atomic E-state index is 2.47. The van der Waals surface area contributed by atoms with Crippen molar-refractivity contribution in [3.63, 3.8) is 0 Å². The molecule has 2 nitrogen and oxygen atoms in total. The van der Waals surface area contributed by atoms with Gasteiger partial charge in [0, 0.05) is 47.7 Å². The summed E-state index contributed by atoms with van der Waals surface area (Å²) in [7, 11) is 0. The van der Waals surface area contributed by atoms with Crippen molar-refractivity contribution in [2.75, 3.05) is 4.90 Å². The molecule has 0 bridgehead atoms. The average Bonchev–Trinajstić information content (AvgIpc) is 3.68. The van der Waals surface area contributed by atoms with Crippen LogP contribution >= 0.6 is 11.3 Å². The van der Waals surface area contributed by atoms with Gasteiger partial charge in [-0.2, -0.15) is 0 Å². The predicted octanol–water partition coefficient (Wildman–Crippen LogP) is 12.9. The van der Waals surface area contributed by atoms with Gasteiger partial charge in [0.15, 0.2) is 0 Å². The Morgan fingerprint density at radius 1 is 0.404 bits per heavy atom. The van der Waals surface area contributed by atoms with E-state index >= 15 is 0 Å². The number of nitrogens with zero attached hydrogens (tertiary/aromatic N) is 2. The number of benzene rings is 8. The molecule has 0 amide bonds. The van der Waals surface area contributed by atoms with Crippen LogP contribution in [0.1, 0.15) is 0 Å². The summed E-state index contributed by atoms with van der Waals surface area (Å²) in [6.45, 7) is 0. The van der Waals surface area contributed by atoms with E-state index in [1.54, 1.807) is 0 Å². The molecule has 0 unspecified atom stereocenters. The number of anilines is 3. The first kappa shape index (κ1) is 26.3. The van der Waals surface area contributed by atoms with Crippen LogP contribution in [0.4, 0.5) is 17.1 Å². The van der Waals surface area contributed by atoms with Crippen molar-refractivity contribution in [1.82, 2.24) is 4.57 Å². The SMILES string of the molecule is c1ccc(N(c2ccc3sc4ccccc4c3c2)c2cccc3c2c2ccccc2n3-c2cc3ccccc3c3ccccc23)cc1. The van der Waals surface area contributed by atoms with E-state index in [9.17, 15) is 0 Å². The molecular formula is C44H28N2S. The fourth-order valence-electron chi connectivity index (χ4n) is 7.52. The van der Waals surface area contributed by atoms with Crippen molar-refractivity contribution >= 4 is 91.9 Å². The van der Waals surface area contributed by atoms with Crippen LogP contribution < -0.4 is 4.90 Å². The molecule has 10 rings (SSSR count). The molecule has 0 N–H and O–H groups in total. The number of fused-ring (bicyclic) bond motifs is 9. The Labute approximate surface area is 276 Å². The van der Waals surface area contributed by atoms with Gasteiger partial charge in [0.25, 0.3) is 0 Å². The fourth-order valence-corrected chi connectivity index (χ4v) is 8.61. The Kier molecular flexibility index (Phi) is 5.78. The molecule has 0 fully saturated rings. The monoisotopic (exact) mass is 616 g/mol. The standard InChI is InChI=1S/C44H28N2S/c1-2-14-30(15-3-1)45(31-25-26-43-37(28-31)35-19-9-11-24-42(35)47-43)39-22-12-23-40-44(39)36-20-8-10-21-38(36)46(40)41-27-29-13-4-5-16-32(29)33-17-6-7-18-34(33)41/h1-28H. The Morgan fingerprint density at radius 2 is 1.06 bits per heavy atom. The maximum Gasteiger partial charge on any atom is 0.0562 e. The number of hydrogen-bond acceptors (Lipinski definition) is 2. The fraction of sp³-hybridized carbons (Fsp3) is 0. The summed E-state index contributed by atoms with van der Waals surface area (Å²) >= 11 is 1.86. The molecule has 0 saturated carbocycles. The largest absolute Gasteiger partial charge is 0.310 e. The molecule has 0 saturated heterocycles. The molecule has 0 aliphatic heterocycles. The molecule has 0 atom stereocenters. The zero-order chi connectivity index (χ0) is 30.9. The maximum atomic E-state index is 2.47. The normalized spacial score (nSPS) is 11.8. The molecule has 0 aliphatic carbocycles. The van der Waals surface area contributed by atoms with Crippen LogP contribution in [0.3, 0.4) is 0 Å². The first-order valence-corrected chi connectivity index (χ1v) is 16.8. The number of hydrogen-bond donors (Lipinski definition) is 0. The zero-order valence-electron chi connectivity index (χ0n) is 25.5. The smallest absolute Gasteiger partial charge is 0.0562 e. The molecule has 10 aromatic rings. The van der Waals surface area contributed by atoms with Crippen LogP contribution in [-0.2, 0) is 0 Å². The Balaban J connectivity index is 1.30. The third-order valence-corrected chi connectivity index (χ3v) is 10.7. The lowest BCUT2D eigenvalue weighted by atomic mass is 10.00. The van der Waals surface area contributed by atoms with Gasteiger partial charge in [0.05, 0.1) is 22.4 Å². The number of thiophene rings is 1. The van der Waals surface area contributed by atoms with Crippen LogP contribution in [0.2, 0.25) is 0 Å². The molecule has 47 heavy (non-hydrogen) atoms. The minimum atomic E-state index is 1.13. The van der Waals surface area contributed by atoms with Crippen LogP contribution in [0, 0.1) is 0 Å². The highest BCUT2D eigenvalue weighted by Crippen LogP contribution is 2.46. The van der Waals surface area contributed by atoms with Crippen LogP contribution in [0.5, 0.6) is 0 Å². The minimum absolute atomic E-state index is 1.13. The van der Waals surface area contributed by atoms with Gasteiger partial charge < -0.3 is 9.47 Å². The van der Waals surface area contributed by atoms with E-state index in [0.29, 0.717) is 0 Å². The lowest BCUT2D eigenvalue weighted by molar-refractivity contribution is 1.20. The van der Waals surface area contributed by atoms with Crippen LogP contribution in [0.15, 0.2) is 170 Å². The summed E-state index contributed by atoms with van der Waals surface area (Å²) in [5, 5.41) is 10.1. The van der Waals surface area contributed by atoms with Crippen LogP contribution in [-0.4, -0.2) is 4.57 Å². The Hall–Kier alpha value is -5.90. The zero-order valence-corrected chi connectivity index (χ0v) is 26.3. The van der Waals surface area contributed by atoms with Gasteiger partial charge in [-0.05, 0) is 76.8 Å². The summed E-state index contributed by atoms with van der Waals surface area (Å²) < 4.78 is 5.10. The summed E-state index contributed by atoms with van der Waals surface area (Å²) in [6, 6.07) is 62.0. The molecule has 0 spiro atoms. The minimum Gasteiger partial charge on any atom is -0.310 e. The van der Waals surface area contributed by atoms with E-state index in [1.165, 1.54) is 69.2 Å². The number of aromatic nitrogens is 1. The Morgan fingerprint density at radius 3 is 1.94 bits per heavy atom. The van der Waals surface area contributed by atoms with Gasteiger partial charge in [-0.25, -0.2) is 0 Å². The van der Waals surface area contributed by atoms with Crippen molar-refractivity contribution < 1.29 is 0 Å². The third kappa shape index (κ3) is 3.97. The first-order chi connectivity index (χ1) is 23.3. The number of para-hydroxylation sites is 2. The summed E-state index contributed by atoms with van der Waals surface area (Å²) in [4.78, 5) is 2.43. The highest BCUT2D eigenvalue weighted by atomic mass is 32.1. The molecule has 0 aliphatic rings. The number of rotatable bonds is 4. The highest BCUT2D eigenvalue weighted by molar-refractivity contribution is 7.25. The summed E-state index contributed by atoms with van der Waals surface area (Å²) in [6.07, 6.45) is 0. The first-order valence-electron chi connectivity index (χ1n) is 16.0. The van der Waals surface area contributed by atoms with Crippen molar-refractivity contribution in [2.45, 2.75) is 0 Å². The summed E-state index contributed by atoms with van der Waals surface area (Å²) in [5.41, 5.74) is 7.02. The molecule has 3 heteroatoms. The van der Waals surface area contributed by atoms with Gasteiger partial charge in [0.2, 0.25) is 0 Å². The van der Waals surface area contributed by atoms with E-state index in [-0.39, 0.29) is 0 Å². The highest BCUT2D eigenvalue weighted by Gasteiger charge is 2.22. The summed E-state index contributed by atoms with van der Waals surface area (Å²) in [5.74, 6) is 0.